The van der Waals surface area contributed by atoms with Crippen molar-refractivity contribution in [3.8, 4) is 0 Å². The second-order valence-corrected chi connectivity index (χ2v) is 3.34. The van der Waals surface area contributed by atoms with Gasteiger partial charge in [-0.2, -0.15) is 0 Å². The van der Waals surface area contributed by atoms with Gasteiger partial charge >= 0.3 is 5.97 Å². The molecule has 1 rings (SSSR count). The number of aliphatic hydroxyl groups is 4. The summed E-state index contributed by atoms with van der Waals surface area (Å²) in [6.45, 7) is 0.883. The number of aliphatic hydroxyl groups excluding tert-OH is 4. The summed E-state index contributed by atoms with van der Waals surface area (Å²) >= 11 is 0. The molecule has 1 heterocycles. The molecule has 7 nitrogen and oxygen atoms in total. The van der Waals surface area contributed by atoms with Crippen molar-refractivity contribution in [1.82, 2.24) is 0 Å². The van der Waals surface area contributed by atoms with Gasteiger partial charge in [0.2, 0.25) is 0 Å². The second-order valence-electron chi connectivity index (χ2n) is 3.34. The Kier molecular flexibility index (Phi) is 4.00. The van der Waals surface area contributed by atoms with Crippen molar-refractivity contribution in [2.45, 2.75) is 37.6 Å². The van der Waals surface area contributed by atoms with Crippen molar-refractivity contribution in [3.05, 3.63) is 0 Å². The van der Waals surface area contributed by atoms with Crippen LogP contribution in [0.3, 0.4) is 0 Å². The zero-order valence-electron chi connectivity index (χ0n) is 8.11. The van der Waals surface area contributed by atoms with Crippen LogP contribution in [0.1, 0.15) is 6.92 Å². The van der Waals surface area contributed by atoms with Gasteiger partial charge in [-0.15, -0.1) is 0 Å². The van der Waals surface area contributed by atoms with Gasteiger partial charge in [-0.25, -0.2) is 0 Å². The molecule has 1 aliphatic rings. The summed E-state index contributed by atoms with van der Waals surface area (Å²) in [5.74, 6) is -0.569. The fourth-order valence-electron chi connectivity index (χ4n) is 1.27. The molecule has 1 fully saturated rings. The molecule has 0 aliphatic carbocycles. The van der Waals surface area contributed by atoms with Gasteiger partial charge in [0.25, 0.3) is 0 Å². The third kappa shape index (κ3) is 2.86. The first kappa shape index (κ1) is 12.3. The van der Waals surface area contributed by atoms with Gasteiger partial charge in [0.05, 0.1) is 0 Å². The topological polar surface area (TPSA) is 116 Å². The molecule has 1 saturated heterocycles. The molecule has 0 aromatic rings. The highest BCUT2D eigenvalue weighted by atomic mass is 16.6. The van der Waals surface area contributed by atoms with E-state index in [1.54, 1.807) is 0 Å². The van der Waals surface area contributed by atoms with Gasteiger partial charge in [-0.3, -0.25) is 4.79 Å². The van der Waals surface area contributed by atoms with Crippen LogP contribution in [-0.2, 0) is 14.3 Å². The Hall–Kier alpha value is -0.730. The first-order chi connectivity index (χ1) is 6.93. The maximum absolute atomic E-state index is 10.5. The lowest BCUT2D eigenvalue weighted by Gasteiger charge is -2.37. The highest BCUT2D eigenvalue weighted by Crippen LogP contribution is 2.19. The average molecular weight is 222 g/mol. The number of rotatable bonds is 2. The summed E-state index contributed by atoms with van der Waals surface area (Å²) in [5, 5.41) is 36.9. The minimum Gasteiger partial charge on any atom is -0.463 e. The third-order valence-electron chi connectivity index (χ3n) is 2.14. The molecular formula is C8H14O7. The standard InChI is InChI=1S/C8H14O7/c1-3(9)14-2-4-5(10)6(11)7(12)8(13)15-4/h4-8,10-13H,2H2,1H3/t4-,5?,6+,7-,8?/m1/s1. The van der Waals surface area contributed by atoms with Crippen LogP contribution in [0.5, 0.6) is 0 Å². The molecule has 0 bridgehead atoms. The largest absolute Gasteiger partial charge is 0.463 e. The number of hydrogen-bond acceptors (Lipinski definition) is 7. The van der Waals surface area contributed by atoms with E-state index in [9.17, 15) is 15.0 Å². The molecule has 5 atom stereocenters. The molecule has 15 heavy (non-hydrogen) atoms. The van der Waals surface area contributed by atoms with Gasteiger partial charge in [0.1, 0.15) is 31.0 Å². The minimum absolute atomic E-state index is 0.294. The van der Waals surface area contributed by atoms with E-state index in [-0.39, 0.29) is 6.61 Å². The lowest BCUT2D eigenvalue weighted by atomic mass is 9.99. The summed E-state index contributed by atoms with van der Waals surface area (Å²) in [7, 11) is 0. The Labute approximate surface area is 85.9 Å². The van der Waals surface area contributed by atoms with Crippen molar-refractivity contribution in [2.75, 3.05) is 6.61 Å². The number of carbonyl (C=O) groups is 1. The summed E-state index contributed by atoms with van der Waals surface area (Å²) < 4.78 is 9.31. The van der Waals surface area contributed by atoms with Crippen molar-refractivity contribution in [2.24, 2.45) is 0 Å². The van der Waals surface area contributed by atoms with Crippen LogP contribution in [0.2, 0.25) is 0 Å². The van der Waals surface area contributed by atoms with Crippen LogP contribution >= 0.6 is 0 Å². The first-order valence-electron chi connectivity index (χ1n) is 4.44. The van der Waals surface area contributed by atoms with Crippen molar-refractivity contribution in [3.63, 3.8) is 0 Å². The van der Waals surface area contributed by atoms with Gasteiger partial charge in [0, 0.05) is 6.92 Å². The zero-order chi connectivity index (χ0) is 11.6. The monoisotopic (exact) mass is 222 g/mol. The van der Waals surface area contributed by atoms with E-state index in [2.05, 4.69) is 4.74 Å². The number of carbonyl (C=O) groups excluding carboxylic acids is 1. The van der Waals surface area contributed by atoms with Crippen LogP contribution in [0.4, 0.5) is 0 Å². The normalized spacial score (nSPS) is 41.3. The van der Waals surface area contributed by atoms with Gasteiger partial charge in [0.15, 0.2) is 6.29 Å². The molecule has 1 aliphatic heterocycles. The molecule has 2 unspecified atom stereocenters. The van der Waals surface area contributed by atoms with Crippen LogP contribution in [0.25, 0.3) is 0 Å². The summed E-state index contributed by atoms with van der Waals surface area (Å²) in [6, 6.07) is 0. The smallest absolute Gasteiger partial charge is 0.302 e. The fourth-order valence-corrected chi connectivity index (χ4v) is 1.27. The van der Waals surface area contributed by atoms with Gasteiger partial charge < -0.3 is 29.9 Å². The quantitative estimate of drug-likeness (QED) is 0.377. The summed E-state index contributed by atoms with van der Waals surface area (Å²) in [4.78, 5) is 10.5. The second kappa shape index (κ2) is 4.86. The maximum atomic E-state index is 10.5. The molecule has 0 saturated carbocycles. The summed E-state index contributed by atoms with van der Waals surface area (Å²) in [5.41, 5.74) is 0. The Balaban J connectivity index is 2.54. The van der Waals surface area contributed by atoms with Crippen LogP contribution in [-0.4, -0.2) is 63.7 Å². The van der Waals surface area contributed by atoms with E-state index < -0.39 is 36.7 Å². The Morgan fingerprint density at radius 3 is 2.33 bits per heavy atom. The molecule has 4 N–H and O–H groups in total. The maximum Gasteiger partial charge on any atom is 0.302 e. The van der Waals surface area contributed by atoms with Crippen molar-refractivity contribution >= 4 is 5.97 Å². The highest BCUT2D eigenvalue weighted by molar-refractivity contribution is 5.65. The predicted molar refractivity (Wildman–Crippen MR) is 45.5 cm³/mol. The van der Waals surface area contributed by atoms with E-state index >= 15 is 0 Å². The molecule has 88 valence electrons. The Morgan fingerprint density at radius 2 is 1.80 bits per heavy atom. The third-order valence-corrected chi connectivity index (χ3v) is 2.14. The Morgan fingerprint density at radius 1 is 1.20 bits per heavy atom. The molecule has 0 aromatic heterocycles. The first-order valence-corrected chi connectivity index (χ1v) is 4.44. The van der Waals surface area contributed by atoms with Crippen molar-refractivity contribution < 1.29 is 34.7 Å². The molecule has 0 aromatic carbocycles. The lowest BCUT2D eigenvalue weighted by Crippen LogP contribution is -2.58. The van der Waals surface area contributed by atoms with Crippen LogP contribution < -0.4 is 0 Å². The van der Waals surface area contributed by atoms with Gasteiger partial charge in [-0.05, 0) is 0 Å². The van der Waals surface area contributed by atoms with E-state index in [0.717, 1.165) is 0 Å². The van der Waals surface area contributed by atoms with E-state index in [1.165, 1.54) is 6.92 Å². The predicted octanol–water partition coefficient (Wildman–Crippen LogP) is -2.65. The van der Waals surface area contributed by atoms with Crippen LogP contribution in [0, 0.1) is 0 Å². The van der Waals surface area contributed by atoms with E-state index in [1.807, 2.05) is 0 Å². The van der Waals surface area contributed by atoms with E-state index in [0.29, 0.717) is 0 Å². The van der Waals surface area contributed by atoms with Crippen LogP contribution in [0.15, 0.2) is 0 Å². The molecular weight excluding hydrogens is 208 g/mol. The number of hydrogen-bond donors (Lipinski definition) is 4. The number of esters is 1. The molecule has 7 heteroatoms. The zero-order valence-corrected chi connectivity index (χ0v) is 8.11. The summed E-state index contributed by atoms with van der Waals surface area (Å²) in [6.07, 6.45) is -7.18. The fraction of sp³-hybridized carbons (Fsp3) is 0.875. The Bertz CT molecular complexity index is 231. The molecule has 0 amide bonds. The van der Waals surface area contributed by atoms with E-state index in [4.69, 9.17) is 14.9 Å². The number of ether oxygens (including phenoxy) is 2. The molecule has 0 radical (unpaired) electrons. The van der Waals surface area contributed by atoms with Gasteiger partial charge in [-0.1, -0.05) is 0 Å². The highest BCUT2D eigenvalue weighted by Gasteiger charge is 2.43. The van der Waals surface area contributed by atoms with Crippen molar-refractivity contribution in [1.29, 1.82) is 0 Å². The minimum atomic E-state index is -1.61. The SMILES string of the molecule is CC(=O)OC[C@H]1OC(O)[C@H](O)[C@@H](O)C1O. The average Bonchev–Trinajstić information content (AvgIpc) is 2.18. The molecule has 0 spiro atoms. The lowest BCUT2D eigenvalue weighted by molar-refractivity contribution is -0.287.